The van der Waals surface area contributed by atoms with Crippen molar-refractivity contribution in [3.8, 4) is 0 Å². The summed E-state index contributed by atoms with van der Waals surface area (Å²) in [6, 6.07) is 6.43. The molecule has 1 aromatic rings. The van der Waals surface area contributed by atoms with Crippen molar-refractivity contribution in [3.05, 3.63) is 29.8 Å². The number of anilines is 1. The molecule has 0 N–H and O–H groups in total. The Kier molecular flexibility index (Phi) is 4.20. The monoisotopic (exact) mass is 314 g/mol. The SMILES string of the molecule is CCC(C)C(=O)N1C(=O)C2CCCCN2C(=O)c2ccccc21. The van der Waals surface area contributed by atoms with Gasteiger partial charge in [0.15, 0.2) is 0 Å². The van der Waals surface area contributed by atoms with Gasteiger partial charge in [-0.2, -0.15) is 0 Å². The van der Waals surface area contributed by atoms with Gasteiger partial charge in [-0.05, 0) is 37.8 Å². The molecular weight excluding hydrogens is 292 g/mol. The summed E-state index contributed by atoms with van der Waals surface area (Å²) < 4.78 is 0. The molecule has 2 unspecified atom stereocenters. The van der Waals surface area contributed by atoms with Crippen molar-refractivity contribution in [1.82, 2.24) is 4.90 Å². The number of hydrogen-bond donors (Lipinski definition) is 0. The molecule has 2 heterocycles. The van der Waals surface area contributed by atoms with Crippen LogP contribution in [0, 0.1) is 5.92 Å². The Labute approximate surface area is 136 Å². The van der Waals surface area contributed by atoms with Crippen molar-refractivity contribution in [1.29, 1.82) is 0 Å². The smallest absolute Gasteiger partial charge is 0.256 e. The number of carbonyl (C=O) groups excluding carboxylic acids is 3. The molecule has 5 heteroatoms. The fraction of sp³-hybridized carbons (Fsp3) is 0.500. The number of nitrogens with zero attached hydrogens (tertiary/aromatic N) is 2. The summed E-state index contributed by atoms with van der Waals surface area (Å²) in [4.78, 5) is 41.6. The molecule has 1 aromatic carbocycles. The number of hydrogen-bond acceptors (Lipinski definition) is 3. The summed E-state index contributed by atoms with van der Waals surface area (Å²) in [6.45, 7) is 4.33. The first-order chi connectivity index (χ1) is 11.1. The first-order valence-electron chi connectivity index (χ1n) is 8.34. The summed E-state index contributed by atoms with van der Waals surface area (Å²) in [5.74, 6) is -0.867. The molecule has 3 amide bonds. The third kappa shape index (κ3) is 2.54. The molecule has 2 atom stereocenters. The Balaban J connectivity index is 2.13. The number of benzene rings is 1. The second kappa shape index (κ2) is 6.14. The molecule has 0 aromatic heterocycles. The molecule has 1 saturated heterocycles. The van der Waals surface area contributed by atoms with Gasteiger partial charge in [-0.3, -0.25) is 14.4 Å². The summed E-state index contributed by atoms with van der Waals surface area (Å²) >= 11 is 0. The van der Waals surface area contributed by atoms with Gasteiger partial charge in [0.2, 0.25) is 5.91 Å². The lowest BCUT2D eigenvalue weighted by atomic mass is 10.0. The maximum Gasteiger partial charge on any atom is 0.256 e. The van der Waals surface area contributed by atoms with Gasteiger partial charge >= 0.3 is 0 Å². The Morgan fingerprint density at radius 1 is 1.26 bits per heavy atom. The average Bonchev–Trinajstić information content (AvgIpc) is 2.69. The van der Waals surface area contributed by atoms with E-state index in [1.165, 1.54) is 4.90 Å². The fourth-order valence-electron chi connectivity index (χ4n) is 3.33. The number of piperidine rings is 1. The van der Waals surface area contributed by atoms with E-state index in [0.29, 0.717) is 30.6 Å². The van der Waals surface area contributed by atoms with Crippen molar-refractivity contribution < 1.29 is 14.4 Å². The van der Waals surface area contributed by atoms with Crippen molar-refractivity contribution >= 4 is 23.4 Å². The molecule has 0 aliphatic carbocycles. The van der Waals surface area contributed by atoms with E-state index in [-0.39, 0.29) is 23.6 Å². The molecule has 0 saturated carbocycles. The van der Waals surface area contributed by atoms with Gasteiger partial charge in [-0.1, -0.05) is 26.0 Å². The van der Waals surface area contributed by atoms with E-state index < -0.39 is 6.04 Å². The maximum absolute atomic E-state index is 13.1. The predicted octanol–water partition coefficient (Wildman–Crippen LogP) is 2.60. The number of imide groups is 1. The lowest BCUT2D eigenvalue weighted by Gasteiger charge is -2.34. The van der Waals surface area contributed by atoms with Crippen molar-refractivity contribution in [2.75, 3.05) is 11.4 Å². The first-order valence-corrected chi connectivity index (χ1v) is 8.34. The summed E-state index contributed by atoms with van der Waals surface area (Å²) in [6.07, 6.45) is 3.09. The molecule has 1 fully saturated rings. The Morgan fingerprint density at radius 2 is 2.00 bits per heavy atom. The van der Waals surface area contributed by atoms with E-state index in [0.717, 1.165) is 12.8 Å². The van der Waals surface area contributed by atoms with Crippen LogP contribution in [0.25, 0.3) is 0 Å². The van der Waals surface area contributed by atoms with Crippen LogP contribution in [0.5, 0.6) is 0 Å². The predicted molar refractivity (Wildman–Crippen MR) is 87.1 cm³/mol. The molecular formula is C18H22N2O3. The largest absolute Gasteiger partial charge is 0.327 e. The van der Waals surface area contributed by atoms with Gasteiger partial charge in [-0.25, -0.2) is 4.90 Å². The molecule has 2 aliphatic rings. The van der Waals surface area contributed by atoms with Crippen LogP contribution in [-0.4, -0.2) is 35.2 Å². The minimum Gasteiger partial charge on any atom is -0.327 e. The van der Waals surface area contributed by atoms with Crippen LogP contribution >= 0.6 is 0 Å². The van der Waals surface area contributed by atoms with Crippen molar-refractivity contribution in [2.45, 2.75) is 45.6 Å². The zero-order valence-corrected chi connectivity index (χ0v) is 13.6. The number of rotatable bonds is 2. The average molecular weight is 314 g/mol. The molecule has 23 heavy (non-hydrogen) atoms. The molecule has 5 nitrogen and oxygen atoms in total. The van der Waals surface area contributed by atoms with Crippen LogP contribution < -0.4 is 4.90 Å². The third-order valence-corrected chi connectivity index (χ3v) is 4.90. The van der Waals surface area contributed by atoms with Crippen LogP contribution in [0.3, 0.4) is 0 Å². The highest BCUT2D eigenvalue weighted by Crippen LogP contribution is 2.32. The van der Waals surface area contributed by atoms with Gasteiger partial charge in [0.1, 0.15) is 6.04 Å². The lowest BCUT2D eigenvalue weighted by molar-refractivity contribution is -0.131. The lowest BCUT2D eigenvalue weighted by Crippen LogP contribution is -2.52. The zero-order chi connectivity index (χ0) is 16.6. The van der Waals surface area contributed by atoms with Crippen LogP contribution in [-0.2, 0) is 9.59 Å². The Hall–Kier alpha value is -2.17. The summed E-state index contributed by atoms with van der Waals surface area (Å²) in [7, 11) is 0. The van der Waals surface area contributed by atoms with Gasteiger partial charge in [-0.15, -0.1) is 0 Å². The molecule has 0 radical (unpaired) electrons. The van der Waals surface area contributed by atoms with E-state index in [1.54, 1.807) is 29.2 Å². The van der Waals surface area contributed by atoms with Gasteiger partial charge in [0, 0.05) is 12.5 Å². The normalized spacial score (nSPS) is 22.3. The van der Waals surface area contributed by atoms with Crippen LogP contribution in [0.2, 0.25) is 0 Å². The van der Waals surface area contributed by atoms with Crippen LogP contribution in [0.1, 0.15) is 49.9 Å². The van der Waals surface area contributed by atoms with E-state index >= 15 is 0 Å². The number of fused-ring (bicyclic) bond motifs is 2. The molecule has 3 rings (SSSR count). The topological polar surface area (TPSA) is 57.7 Å². The zero-order valence-electron chi connectivity index (χ0n) is 13.6. The van der Waals surface area contributed by atoms with Gasteiger partial charge < -0.3 is 4.90 Å². The van der Waals surface area contributed by atoms with Crippen molar-refractivity contribution in [2.24, 2.45) is 5.92 Å². The highest BCUT2D eigenvalue weighted by atomic mass is 16.2. The van der Waals surface area contributed by atoms with Gasteiger partial charge in [0.25, 0.3) is 11.8 Å². The van der Waals surface area contributed by atoms with Crippen molar-refractivity contribution in [3.63, 3.8) is 0 Å². The molecule has 0 spiro atoms. The Morgan fingerprint density at radius 3 is 2.74 bits per heavy atom. The first kappa shape index (κ1) is 15.7. The molecule has 122 valence electrons. The highest BCUT2D eigenvalue weighted by Gasteiger charge is 2.43. The second-order valence-corrected chi connectivity index (χ2v) is 6.35. The minimum atomic E-state index is -0.517. The van der Waals surface area contributed by atoms with E-state index in [1.807, 2.05) is 13.8 Å². The van der Waals surface area contributed by atoms with Crippen LogP contribution in [0.15, 0.2) is 24.3 Å². The summed E-state index contributed by atoms with van der Waals surface area (Å²) in [5, 5.41) is 0. The minimum absolute atomic E-state index is 0.141. The quantitative estimate of drug-likeness (QED) is 0.843. The van der Waals surface area contributed by atoms with E-state index in [4.69, 9.17) is 0 Å². The molecule has 2 aliphatic heterocycles. The second-order valence-electron chi connectivity index (χ2n) is 6.35. The Bertz CT molecular complexity index is 655. The number of amides is 3. The van der Waals surface area contributed by atoms with E-state index in [2.05, 4.69) is 0 Å². The number of para-hydroxylation sites is 1. The molecule has 0 bridgehead atoms. The fourth-order valence-corrected chi connectivity index (χ4v) is 3.33. The standard InChI is InChI=1S/C18H22N2O3/c1-3-12(2)16(21)20-14-9-5-4-8-13(14)17(22)19-11-7-6-10-15(19)18(20)23/h4-5,8-9,12,15H,3,6-7,10-11H2,1-2H3. The summed E-state index contributed by atoms with van der Waals surface area (Å²) in [5.41, 5.74) is 0.879. The maximum atomic E-state index is 13.1. The highest BCUT2D eigenvalue weighted by molar-refractivity contribution is 6.22. The van der Waals surface area contributed by atoms with Gasteiger partial charge in [0.05, 0.1) is 11.3 Å². The third-order valence-electron chi connectivity index (χ3n) is 4.90. The van der Waals surface area contributed by atoms with E-state index in [9.17, 15) is 14.4 Å². The van der Waals surface area contributed by atoms with Crippen LogP contribution in [0.4, 0.5) is 5.69 Å². The number of carbonyl (C=O) groups is 3.